The van der Waals surface area contributed by atoms with Crippen molar-refractivity contribution in [1.82, 2.24) is 4.90 Å². The van der Waals surface area contributed by atoms with Crippen LogP contribution in [-0.2, 0) is 0 Å². The zero-order chi connectivity index (χ0) is 24.9. The minimum Gasteiger partial charge on any atom is -0.497 e. The van der Waals surface area contributed by atoms with Crippen molar-refractivity contribution in [3.05, 3.63) is 83.4 Å². The number of aliphatic imine (C=N–C) groups is 3. The van der Waals surface area contributed by atoms with Gasteiger partial charge < -0.3 is 9.64 Å². The molecular formula is C29H38N4O. The van der Waals surface area contributed by atoms with Crippen LogP contribution in [0.15, 0.2) is 92.8 Å². The van der Waals surface area contributed by atoms with Gasteiger partial charge in [-0.1, -0.05) is 18.2 Å². The monoisotopic (exact) mass is 458 g/mol. The molecule has 0 bridgehead atoms. The first-order valence-corrected chi connectivity index (χ1v) is 11.9. The number of hydrogen-bond acceptors (Lipinski definition) is 5. The Balaban J connectivity index is 2.52. The molecule has 0 saturated heterocycles. The van der Waals surface area contributed by atoms with E-state index in [9.17, 15) is 0 Å². The number of rotatable bonds is 10. The third-order valence-electron chi connectivity index (χ3n) is 5.41. The largest absolute Gasteiger partial charge is 0.497 e. The standard InChI is InChI=1S/C29H38N4O/c1-8-11-26(16-18-30-9-2)31-23(5)29(21-25-12-14-28(34-7)15-13-25)24(6)32-27-17-19-33(10-3)22(4)20-27/h8,11-22H,9-10H2,1-7H3/b11-8-,26-16+,29-21?,30-18?,31-23?,32-24?. The zero-order valence-corrected chi connectivity index (χ0v) is 21.6. The van der Waals surface area contributed by atoms with Crippen LogP contribution in [0.1, 0.15) is 47.1 Å². The Labute approximate surface area is 205 Å². The molecule has 1 aromatic rings. The van der Waals surface area contributed by atoms with E-state index in [1.807, 2.05) is 70.2 Å². The maximum atomic E-state index is 5.31. The van der Waals surface area contributed by atoms with Gasteiger partial charge in [0.15, 0.2) is 0 Å². The SMILES string of the molecule is C/C=C\C(=C/C=NCC)N=C(C)C(=Cc1ccc(OC)cc1)C(C)=NC1=CC(C)N(CC)C=C1. The minimum absolute atomic E-state index is 0.312. The zero-order valence-electron chi connectivity index (χ0n) is 21.6. The van der Waals surface area contributed by atoms with Crippen molar-refractivity contribution in [2.24, 2.45) is 15.0 Å². The molecule has 34 heavy (non-hydrogen) atoms. The Bertz CT molecular complexity index is 1050. The molecule has 0 saturated carbocycles. The summed E-state index contributed by atoms with van der Waals surface area (Å²) in [6.45, 7) is 14.1. The van der Waals surface area contributed by atoms with Crippen LogP contribution >= 0.6 is 0 Å². The number of likely N-dealkylation sites (N-methyl/N-ethyl adjacent to an activating group) is 1. The Morgan fingerprint density at radius 3 is 2.44 bits per heavy atom. The Hall–Kier alpha value is -3.47. The summed E-state index contributed by atoms with van der Waals surface area (Å²) >= 11 is 0. The second-order valence-electron chi connectivity index (χ2n) is 7.94. The molecule has 0 radical (unpaired) electrons. The van der Waals surface area contributed by atoms with Gasteiger partial charge in [-0.05, 0) is 89.6 Å². The highest BCUT2D eigenvalue weighted by Gasteiger charge is 2.13. The number of methoxy groups -OCH3 is 1. The summed E-state index contributed by atoms with van der Waals surface area (Å²) in [5.74, 6) is 0.829. The smallest absolute Gasteiger partial charge is 0.118 e. The van der Waals surface area contributed by atoms with Gasteiger partial charge in [-0.25, -0.2) is 0 Å². The highest BCUT2D eigenvalue weighted by molar-refractivity contribution is 6.26. The van der Waals surface area contributed by atoms with Gasteiger partial charge in [0.25, 0.3) is 0 Å². The molecular weight excluding hydrogens is 420 g/mol. The summed E-state index contributed by atoms with van der Waals surface area (Å²) in [5, 5.41) is 0. The minimum atomic E-state index is 0.312. The van der Waals surface area contributed by atoms with E-state index in [1.165, 1.54) is 0 Å². The van der Waals surface area contributed by atoms with Crippen LogP contribution in [0.4, 0.5) is 0 Å². The molecule has 2 rings (SSSR count). The maximum Gasteiger partial charge on any atom is 0.118 e. The van der Waals surface area contributed by atoms with Crippen LogP contribution < -0.4 is 4.74 Å². The van der Waals surface area contributed by atoms with Crippen molar-refractivity contribution in [3.8, 4) is 5.75 Å². The molecule has 5 nitrogen and oxygen atoms in total. The molecule has 1 aliphatic rings. The number of nitrogens with zero attached hydrogens (tertiary/aromatic N) is 4. The lowest BCUT2D eigenvalue weighted by molar-refractivity contribution is 0.348. The predicted molar refractivity (Wildman–Crippen MR) is 148 cm³/mol. The summed E-state index contributed by atoms with van der Waals surface area (Å²) < 4.78 is 5.31. The third-order valence-corrected chi connectivity index (χ3v) is 5.41. The van der Waals surface area contributed by atoms with Crippen LogP contribution in [-0.4, -0.2) is 48.8 Å². The fourth-order valence-corrected chi connectivity index (χ4v) is 3.55. The highest BCUT2D eigenvalue weighted by atomic mass is 16.5. The first-order valence-electron chi connectivity index (χ1n) is 11.9. The van der Waals surface area contributed by atoms with Gasteiger partial charge in [0.05, 0.1) is 18.5 Å². The fraction of sp³-hybridized carbons (Fsp3) is 0.345. The van der Waals surface area contributed by atoms with Gasteiger partial charge in [-0.15, -0.1) is 0 Å². The molecule has 1 unspecified atom stereocenters. The van der Waals surface area contributed by atoms with Crippen molar-refractivity contribution in [3.63, 3.8) is 0 Å². The van der Waals surface area contributed by atoms with E-state index in [2.05, 4.69) is 48.2 Å². The van der Waals surface area contributed by atoms with Crippen molar-refractivity contribution >= 4 is 23.7 Å². The van der Waals surface area contributed by atoms with Crippen molar-refractivity contribution in [1.29, 1.82) is 0 Å². The van der Waals surface area contributed by atoms with Crippen LogP contribution in [0.2, 0.25) is 0 Å². The third kappa shape index (κ3) is 8.14. The summed E-state index contributed by atoms with van der Waals surface area (Å²) in [4.78, 5) is 16.4. The van der Waals surface area contributed by atoms with E-state index < -0.39 is 0 Å². The molecule has 5 heteroatoms. The molecule has 0 aliphatic carbocycles. The summed E-state index contributed by atoms with van der Waals surface area (Å²) in [6, 6.07) is 8.31. The van der Waals surface area contributed by atoms with Gasteiger partial charge >= 0.3 is 0 Å². The van der Waals surface area contributed by atoms with Crippen LogP contribution in [0.5, 0.6) is 5.75 Å². The quantitative estimate of drug-likeness (QED) is 0.290. The number of benzene rings is 1. The van der Waals surface area contributed by atoms with Gasteiger partial charge in [-0.3, -0.25) is 15.0 Å². The van der Waals surface area contributed by atoms with E-state index in [1.54, 1.807) is 13.3 Å². The number of allylic oxidation sites excluding steroid dienone is 5. The Morgan fingerprint density at radius 1 is 1.12 bits per heavy atom. The molecule has 0 spiro atoms. The van der Waals surface area contributed by atoms with Crippen molar-refractivity contribution in [2.45, 2.75) is 47.6 Å². The number of hydrogen-bond donors (Lipinski definition) is 0. The second kappa shape index (κ2) is 13.9. The average molecular weight is 459 g/mol. The molecule has 0 fully saturated rings. The van der Waals surface area contributed by atoms with E-state index in [0.717, 1.165) is 52.8 Å². The molecule has 0 amide bonds. The molecule has 1 aromatic carbocycles. The molecule has 0 N–H and O–H groups in total. The number of ether oxygens (including phenoxy) is 1. The summed E-state index contributed by atoms with van der Waals surface area (Å²) in [6.07, 6.45) is 16.2. The summed E-state index contributed by atoms with van der Waals surface area (Å²) in [5.41, 5.74) is 5.63. The van der Waals surface area contributed by atoms with Gasteiger partial charge in [0.1, 0.15) is 5.75 Å². The summed E-state index contributed by atoms with van der Waals surface area (Å²) in [7, 11) is 1.67. The van der Waals surface area contributed by atoms with Crippen LogP contribution in [0.3, 0.4) is 0 Å². The van der Waals surface area contributed by atoms with Crippen LogP contribution in [0.25, 0.3) is 6.08 Å². The van der Waals surface area contributed by atoms with E-state index in [-0.39, 0.29) is 0 Å². The molecule has 1 atom stereocenters. The van der Waals surface area contributed by atoms with Gasteiger partial charge in [0.2, 0.25) is 0 Å². The lowest BCUT2D eigenvalue weighted by Crippen LogP contribution is -2.28. The topological polar surface area (TPSA) is 49.6 Å². The van der Waals surface area contributed by atoms with Crippen molar-refractivity contribution in [2.75, 3.05) is 20.2 Å². The molecule has 180 valence electrons. The lowest BCUT2D eigenvalue weighted by Gasteiger charge is -2.27. The Morgan fingerprint density at radius 2 is 1.85 bits per heavy atom. The normalized spacial score (nSPS) is 18.3. The van der Waals surface area contributed by atoms with E-state index >= 15 is 0 Å². The first-order chi connectivity index (χ1) is 16.4. The van der Waals surface area contributed by atoms with Crippen LogP contribution in [0, 0.1) is 0 Å². The maximum absolute atomic E-state index is 5.31. The fourth-order valence-electron chi connectivity index (χ4n) is 3.55. The molecule has 0 aromatic heterocycles. The molecule has 1 aliphatic heterocycles. The highest BCUT2D eigenvalue weighted by Crippen LogP contribution is 2.19. The van der Waals surface area contributed by atoms with Crippen molar-refractivity contribution < 1.29 is 4.74 Å². The Kier molecular flexibility index (Phi) is 11.0. The van der Waals surface area contributed by atoms with Gasteiger partial charge in [-0.2, -0.15) is 0 Å². The van der Waals surface area contributed by atoms with E-state index in [0.29, 0.717) is 6.04 Å². The second-order valence-corrected chi connectivity index (χ2v) is 7.94. The van der Waals surface area contributed by atoms with Gasteiger partial charge in [0, 0.05) is 48.5 Å². The molecule has 1 heterocycles. The average Bonchev–Trinajstić information content (AvgIpc) is 2.83. The predicted octanol–water partition coefficient (Wildman–Crippen LogP) is 6.67. The lowest BCUT2D eigenvalue weighted by atomic mass is 10.0. The van der Waals surface area contributed by atoms with E-state index in [4.69, 9.17) is 14.7 Å². The first kappa shape index (κ1) is 26.8.